The van der Waals surface area contributed by atoms with Crippen molar-refractivity contribution in [1.29, 1.82) is 0 Å². The van der Waals surface area contributed by atoms with E-state index in [1.165, 1.54) is 18.4 Å². The van der Waals surface area contributed by atoms with Crippen LogP contribution in [0.25, 0.3) is 0 Å². The van der Waals surface area contributed by atoms with Gasteiger partial charge in [0.2, 0.25) is 0 Å². The van der Waals surface area contributed by atoms with E-state index in [2.05, 4.69) is 71.6 Å². The second kappa shape index (κ2) is 9.56. The molecule has 0 saturated carbocycles. The smallest absolute Gasteiger partial charge is 0.193 e. The summed E-state index contributed by atoms with van der Waals surface area (Å²) in [5.74, 6) is 1.01. The van der Waals surface area contributed by atoms with Crippen molar-refractivity contribution in [2.45, 2.75) is 45.2 Å². The van der Waals surface area contributed by atoms with E-state index in [0.717, 1.165) is 38.8 Å². The summed E-state index contributed by atoms with van der Waals surface area (Å²) in [6.45, 7) is 11.5. The van der Waals surface area contributed by atoms with Gasteiger partial charge in [0.1, 0.15) is 0 Å². The summed E-state index contributed by atoms with van der Waals surface area (Å²) < 4.78 is 5.65. The Morgan fingerprint density at radius 2 is 2.04 bits per heavy atom. The van der Waals surface area contributed by atoms with Gasteiger partial charge in [-0.1, -0.05) is 30.3 Å². The lowest BCUT2D eigenvalue weighted by atomic mass is 9.87. The molecule has 0 bridgehead atoms. The van der Waals surface area contributed by atoms with Crippen molar-refractivity contribution >= 4 is 29.9 Å². The van der Waals surface area contributed by atoms with Crippen molar-refractivity contribution in [3.8, 4) is 0 Å². The first-order valence-electron chi connectivity index (χ1n) is 9.79. The minimum absolute atomic E-state index is 0. The number of hydrogen-bond acceptors (Lipinski definition) is 3. The maximum absolute atomic E-state index is 5.65. The van der Waals surface area contributed by atoms with Gasteiger partial charge in [-0.3, -0.25) is 4.99 Å². The summed E-state index contributed by atoms with van der Waals surface area (Å²) in [5.41, 5.74) is 1.62. The van der Waals surface area contributed by atoms with Crippen LogP contribution < -0.4 is 10.6 Å². The molecule has 2 N–H and O–H groups in total. The number of aliphatic imine (C=N–C) groups is 1. The highest BCUT2D eigenvalue weighted by Crippen LogP contribution is 2.38. The van der Waals surface area contributed by atoms with Gasteiger partial charge in [-0.15, -0.1) is 24.0 Å². The van der Waals surface area contributed by atoms with Gasteiger partial charge in [0, 0.05) is 50.3 Å². The SMILES string of the molecule is CN=C(NCC(C)(C)NC(C)c1ccccc1)N1CCC2(CCOC2)C1.I. The Hall–Kier alpha value is -0.860. The van der Waals surface area contributed by atoms with Gasteiger partial charge in [-0.25, -0.2) is 0 Å². The number of halogens is 1. The van der Waals surface area contributed by atoms with E-state index < -0.39 is 0 Å². The van der Waals surface area contributed by atoms with Crippen molar-refractivity contribution in [1.82, 2.24) is 15.5 Å². The molecule has 0 aliphatic carbocycles. The van der Waals surface area contributed by atoms with Gasteiger partial charge in [-0.2, -0.15) is 0 Å². The number of guanidine groups is 1. The molecule has 2 heterocycles. The highest BCUT2D eigenvalue weighted by Gasteiger charge is 2.42. The molecule has 2 fully saturated rings. The van der Waals surface area contributed by atoms with Crippen LogP contribution in [-0.4, -0.2) is 56.3 Å². The largest absolute Gasteiger partial charge is 0.381 e. The Bertz CT molecular complexity index is 614. The fraction of sp³-hybridized carbons (Fsp3) is 0.667. The van der Waals surface area contributed by atoms with Crippen LogP contribution in [-0.2, 0) is 4.74 Å². The number of nitrogens with one attached hydrogen (secondary N) is 2. The maximum atomic E-state index is 5.65. The molecule has 1 aromatic rings. The Kier molecular flexibility index (Phi) is 7.94. The fourth-order valence-corrected chi connectivity index (χ4v) is 4.18. The van der Waals surface area contributed by atoms with Crippen molar-refractivity contribution in [3.63, 3.8) is 0 Å². The summed E-state index contributed by atoms with van der Waals surface area (Å²) in [6, 6.07) is 10.9. The van der Waals surface area contributed by atoms with Crippen molar-refractivity contribution in [2.24, 2.45) is 10.4 Å². The highest BCUT2D eigenvalue weighted by molar-refractivity contribution is 14.0. The molecule has 0 radical (unpaired) electrons. The van der Waals surface area contributed by atoms with Gasteiger partial charge < -0.3 is 20.3 Å². The second-order valence-electron chi connectivity index (χ2n) is 8.54. The predicted molar refractivity (Wildman–Crippen MR) is 123 cm³/mol. The number of benzene rings is 1. The summed E-state index contributed by atoms with van der Waals surface area (Å²) >= 11 is 0. The van der Waals surface area contributed by atoms with Crippen molar-refractivity contribution in [3.05, 3.63) is 35.9 Å². The molecule has 6 heteroatoms. The van der Waals surface area contributed by atoms with Crippen LogP contribution in [0.2, 0.25) is 0 Å². The number of ether oxygens (including phenoxy) is 1. The fourth-order valence-electron chi connectivity index (χ4n) is 4.18. The molecule has 152 valence electrons. The van der Waals surface area contributed by atoms with E-state index in [1.54, 1.807) is 0 Å². The van der Waals surface area contributed by atoms with Gasteiger partial charge >= 0.3 is 0 Å². The van der Waals surface area contributed by atoms with E-state index in [9.17, 15) is 0 Å². The molecule has 2 saturated heterocycles. The molecule has 3 rings (SSSR count). The zero-order chi connectivity index (χ0) is 18.6. The number of nitrogens with zero attached hydrogens (tertiary/aromatic N) is 2. The molecule has 1 aromatic carbocycles. The van der Waals surface area contributed by atoms with E-state index >= 15 is 0 Å². The average Bonchev–Trinajstić information content (AvgIpc) is 3.26. The molecule has 2 aliphatic heterocycles. The van der Waals surface area contributed by atoms with Gasteiger partial charge in [0.15, 0.2) is 5.96 Å². The summed E-state index contributed by atoms with van der Waals surface area (Å²) in [5, 5.41) is 7.32. The second-order valence-corrected chi connectivity index (χ2v) is 8.54. The Labute approximate surface area is 181 Å². The van der Waals surface area contributed by atoms with Crippen LogP contribution in [0.4, 0.5) is 0 Å². The maximum Gasteiger partial charge on any atom is 0.193 e. The molecular formula is C21H35IN4O. The number of hydrogen-bond donors (Lipinski definition) is 2. The van der Waals surface area contributed by atoms with E-state index in [4.69, 9.17) is 4.74 Å². The van der Waals surface area contributed by atoms with Crippen LogP contribution in [0.15, 0.2) is 35.3 Å². The quantitative estimate of drug-likeness (QED) is 0.381. The molecule has 27 heavy (non-hydrogen) atoms. The molecule has 5 nitrogen and oxygen atoms in total. The Balaban J connectivity index is 0.00000261. The molecule has 1 spiro atoms. The lowest BCUT2D eigenvalue weighted by molar-refractivity contribution is 0.156. The van der Waals surface area contributed by atoms with Crippen molar-refractivity contribution < 1.29 is 4.74 Å². The van der Waals surface area contributed by atoms with Crippen LogP contribution >= 0.6 is 24.0 Å². The number of likely N-dealkylation sites (tertiary alicyclic amines) is 1. The lowest BCUT2D eigenvalue weighted by Crippen LogP contribution is -2.52. The van der Waals surface area contributed by atoms with E-state index in [1.807, 2.05) is 7.05 Å². The predicted octanol–water partition coefficient (Wildman–Crippen LogP) is 3.42. The van der Waals surface area contributed by atoms with Crippen LogP contribution in [0.3, 0.4) is 0 Å². The van der Waals surface area contributed by atoms with Gasteiger partial charge in [0.05, 0.1) is 6.61 Å². The van der Waals surface area contributed by atoms with Gasteiger partial charge in [0.25, 0.3) is 0 Å². The molecule has 0 aromatic heterocycles. The first kappa shape index (κ1) is 22.4. The number of rotatable bonds is 5. The third-order valence-corrected chi connectivity index (χ3v) is 5.73. The summed E-state index contributed by atoms with van der Waals surface area (Å²) in [6.07, 6.45) is 2.39. The minimum Gasteiger partial charge on any atom is -0.381 e. The third kappa shape index (κ3) is 5.81. The molecule has 2 atom stereocenters. The third-order valence-electron chi connectivity index (χ3n) is 5.73. The molecule has 2 aliphatic rings. The molecule has 0 amide bonds. The van der Waals surface area contributed by atoms with Crippen LogP contribution in [0.5, 0.6) is 0 Å². The first-order valence-corrected chi connectivity index (χ1v) is 9.79. The van der Waals surface area contributed by atoms with Gasteiger partial charge in [-0.05, 0) is 39.2 Å². The lowest BCUT2D eigenvalue weighted by Gasteiger charge is -2.33. The topological polar surface area (TPSA) is 48.9 Å². The first-order chi connectivity index (χ1) is 12.4. The molecular weight excluding hydrogens is 451 g/mol. The van der Waals surface area contributed by atoms with Crippen molar-refractivity contribution in [2.75, 3.05) is 39.9 Å². The Morgan fingerprint density at radius 3 is 2.67 bits per heavy atom. The minimum atomic E-state index is -0.0426. The zero-order valence-corrected chi connectivity index (χ0v) is 19.5. The standard InChI is InChI=1S/C21H34N4O.HI/c1-17(18-8-6-5-7-9-18)24-20(2,3)14-23-19(22-4)25-12-10-21(15-25)11-13-26-16-21;/h5-9,17,24H,10-16H2,1-4H3,(H,22,23);1H. The average molecular weight is 486 g/mol. The van der Waals surface area contributed by atoms with Crippen LogP contribution in [0.1, 0.15) is 45.2 Å². The molecule has 2 unspecified atom stereocenters. The monoisotopic (exact) mass is 486 g/mol. The zero-order valence-electron chi connectivity index (χ0n) is 17.1. The highest BCUT2D eigenvalue weighted by atomic mass is 127. The summed E-state index contributed by atoms with van der Waals surface area (Å²) in [4.78, 5) is 6.92. The van der Waals surface area contributed by atoms with Crippen LogP contribution in [0, 0.1) is 5.41 Å². The normalized spacial score (nSPS) is 24.1. The summed E-state index contributed by atoms with van der Waals surface area (Å²) in [7, 11) is 1.88. The van der Waals surface area contributed by atoms with E-state index in [0.29, 0.717) is 11.5 Å². The Morgan fingerprint density at radius 1 is 1.30 bits per heavy atom. The van der Waals surface area contributed by atoms with E-state index in [-0.39, 0.29) is 29.5 Å².